The SMILES string of the molecule is CC(C)c1cnc(Br)c(C2CC2)c1Br. The molecule has 1 aliphatic carbocycles. The molecule has 0 radical (unpaired) electrons. The summed E-state index contributed by atoms with van der Waals surface area (Å²) >= 11 is 7.23. The Morgan fingerprint density at radius 2 is 2.00 bits per heavy atom. The van der Waals surface area contributed by atoms with Crippen LogP contribution >= 0.6 is 31.9 Å². The Morgan fingerprint density at radius 1 is 1.36 bits per heavy atom. The summed E-state index contributed by atoms with van der Waals surface area (Å²) in [6, 6.07) is 0. The lowest BCUT2D eigenvalue weighted by molar-refractivity contribution is 0.840. The van der Waals surface area contributed by atoms with E-state index < -0.39 is 0 Å². The third-order valence-electron chi connectivity index (χ3n) is 2.64. The molecule has 1 fully saturated rings. The van der Waals surface area contributed by atoms with Gasteiger partial charge in [0, 0.05) is 16.2 Å². The number of aromatic nitrogens is 1. The molecule has 1 aromatic rings. The second kappa shape index (κ2) is 3.93. The average Bonchev–Trinajstić information content (AvgIpc) is 2.87. The topological polar surface area (TPSA) is 12.9 Å². The highest BCUT2D eigenvalue weighted by molar-refractivity contribution is 9.11. The molecule has 0 spiro atoms. The average molecular weight is 319 g/mol. The molecule has 3 heteroatoms. The highest BCUT2D eigenvalue weighted by atomic mass is 79.9. The molecule has 0 bridgehead atoms. The van der Waals surface area contributed by atoms with Gasteiger partial charge >= 0.3 is 0 Å². The highest BCUT2D eigenvalue weighted by Crippen LogP contribution is 2.47. The molecule has 1 heterocycles. The smallest absolute Gasteiger partial charge is 0.110 e. The van der Waals surface area contributed by atoms with Gasteiger partial charge in [-0.1, -0.05) is 29.8 Å². The predicted octanol–water partition coefficient (Wildman–Crippen LogP) is 4.61. The number of hydrogen-bond acceptors (Lipinski definition) is 1. The van der Waals surface area contributed by atoms with Crippen molar-refractivity contribution >= 4 is 31.9 Å². The molecular weight excluding hydrogens is 306 g/mol. The van der Waals surface area contributed by atoms with Crippen molar-refractivity contribution in [3.05, 3.63) is 26.4 Å². The lowest BCUT2D eigenvalue weighted by atomic mass is 10.0. The van der Waals surface area contributed by atoms with E-state index >= 15 is 0 Å². The van der Waals surface area contributed by atoms with E-state index in [1.807, 2.05) is 6.20 Å². The zero-order valence-corrected chi connectivity index (χ0v) is 11.5. The molecular formula is C11H13Br2N. The molecule has 0 aliphatic heterocycles. The number of rotatable bonds is 2. The van der Waals surface area contributed by atoms with Crippen LogP contribution in [0.5, 0.6) is 0 Å². The summed E-state index contributed by atoms with van der Waals surface area (Å²) in [6.45, 7) is 4.40. The first kappa shape index (κ1) is 10.6. The summed E-state index contributed by atoms with van der Waals surface area (Å²) in [5.41, 5.74) is 2.69. The Labute approximate surface area is 102 Å². The first-order valence-corrected chi connectivity index (χ1v) is 6.53. The second-order valence-electron chi connectivity index (χ2n) is 4.16. The molecule has 0 N–H and O–H groups in total. The van der Waals surface area contributed by atoms with E-state index in [0.717, 1.165) is 10.5 Å². The van der Waals surface area contributed by atoms with Crippen LogP contribution in [0.4, 0.5) is 0 Å². The second-order valence-corrected chi connectivity index (χ2v) is 5.71. The van der Waals surface area contributed by atoms with Crippen LogP contribution in [-0.4, -0.2) is 4.98 Å². The fourth-order valence-electron chi connectivity index (χ4n) is 1.62. The van der Waals surface area contributed by atoms with E-state index in [1.165, 1.54) is 28.4 Å². The summed E-state index contributed by atoms with van der Waals surface area (Å²) in [5.74, 6) is 1.26. The summed E-state index contributed by atoms with van der Waals surface area (Å²) in [5, 5.41) is 0. The Kier molecular flexibility index (Phi) is 2.98. The van der Waals surface area contributed by atoms with Crippen LogP contribution in [-0.2, 0) is 0 Å². The molecule has 0 atom stereocenters. The number of pyridine rings is 1. The lowest BCUT2D eigenvalue weighted by Gasteiger charge is -2.12. The van der Waals surface area contributed by atoms with E-state index in [9.17, 15) is 0 Å². The van der Waals surface area contributed by atoms with Gasteiger partial charge < -0.3 is 0 Å². The molecule has 1 aromatic heterocycles. The third-order valence-corrected chi connectivity index (χ3v) is 4.15. The van der Waals surface area contributed by atoms with E-state index in [4.69, 9.17) is 0 Å². The van der Waals surface area contributed by atoms with Crippen molar-refractivity contribution in [2.45, 2.75) is 38.5 Å². The fourth-order valence-corrected chi connectivity index (χ4v) is 3.58. The van der Waals surface area contributed by atoms with Crippen molar-refractivity contribution in [2.24, 2.45) is 0 Å². The van der Waals surface area contributed by atoms with Crippen LogP contribution in [0.1, 0.15) is 49.7 Å². The minimum atomic E-state index is 0.530. The van der Waals surface area contributed by atoms with Gasteiger partial charge in [-0.2, -0.15) is 0 Å². The molecule has 14 heavy (non-hydrogen) atoms. The quantitative estimate of drug-likeness (QED) is 0.726. The molecule has 1 saturated carbocycles. The standard InChI is InChI=1S/C11H13Br2N/c1-6(2)8-5-14-11(13)9(10(8)12)7-3-4-7/h5-7H,3-4H2,1-2H3. The largest absolute Gasteiger partial charge is 0.249 e. The monoisotopic (exact) mass is 317 g/mol. The Hall–Kier alpha value is 0.110. The van der Waals surface area contributed by atoms with Gasteiger partial charge in [-0.3, -0.25) is 0 Å². The number of nitrogens with zero attached hydrogens (tertiary/aromatic N) is 1. The summed E-state index contributed by atoms with van der Waals surface area (Å²) in [6.07, 6.45) is 4.57. The summed E-state index contributed by atoms with van der Waals surface area (Å²) in [4.78, 5) is 4.41. The molecule has 1 aliphatic rings. The van der Waals surface area contributed by atoms with Crippen molar-refractivity contribution in [3.63, 3.8) is 0 Å². The van der Waals surface area contributed by atoms with Crippen LogP contribution in [0.25, 0.3) is 0 Å². The van der Waals surface area contributed by atoms with Gasteiger partial charge in [0.1, 0.15) is 4.60 Å². The maximum atomic E-state index is 4.41. The van der Waals surface area contributed by atoms with E-state index in [2.05, 4.69) is 50.7 Å². The van der Waals surface area contributed by atoms with Crippen molar-refractivity contribution in [3.8, 4) is 0 Å². The molecule has 0 unspecified atom stereocenters. The normalized spacial score (nSPS) is 16.4. The van der Waals surface area contributed by atoms with Crippen LogP contribution in [0.15, 0.2) is 15.3 Å². The van der Waals surface area contributed by atoms with Gasteiger partial charge in [-0.25, -0.2) is 4.98 Å². The van der Waals surface area contributed by atoms with Crippen molar-refractivity contribution < 1.29 is 0 Å². The van der Waals surface area contributed by atoms with Gasteiger partial charge in [-0.05, 0) is 46.2 Å². The molecule has 2 rings (SSSR count). The predicted molar refractivity (Wildman–Crippen MR) is 65.7 cm³/mol. The first-order valence-electron chi connectivity index (χ1n) is 4.95. The molecule has 0 aromatic carbocycles. The Bertz CT molecular complexity index is 357. The summed E-state index contributed by atoms with van der Waals surface area (Å²) in [7, 11) is 0. The van der Waals surface area contributed by atoms with Crippen molar-refractivity contribution in [1.29, 1.82) is 0 Å². The molecule has 0 amide bonds. The Morgan fingerprint density at radius 3 is 2.50 bits per heavy atom. The van der Waals surface area contributed by atoms with Crippen LogP contribution in [0.2, 0.25) is 0 Å². The maximum absolute atomic E-state index is 4.41. The van der Waals surface area contributed by atoms with Gasteiger partial charge in [0.05, 0.1) is 0 Å². The van der Waals surface area contributed by atoms with E-state index in [0.29, 0.717) is 5.92 Å². The fraction of sp³-hybridized carbons (Fsp3) is 0.545. The van der Waals surface area contributed by atoms with Gasteiger partial charge in [0.15, 0.2) is 0 Å². The zero-order valence-electron chi connectivity index (χ0n) is 8.35. The summed E-state index contributed by atoms with van der Waals surface area (Å²) < 4.78 is 2.27. The lowest BCUT2D eigenvalue weighted by Crippen LogP contribution is -1.97. The Balaban J connectivity index is 2.50. The molecule has 76 valence electrons. The zero-order chi connectivity index (χ0) is 10.3. The minimum Gasteiger partial charge on any atom is -0.249 e. The minimum absolute atomic E-state index is 0.530. The van der Waals surface area contributed by atoms with Crippen molar-refractivity contribution in [1.82, 2.24) is 4.98 Å². The van der Waals surface area contributed by atoms with E-state index in [-0.39, 0.29) is 0 Å². The maximum Gasteiger partial charge on any atom is 0.110 e. The van der Waals surface area contributed by atoms with Crippen LogP contribution in [0.3, 0.4) is 0 Å². The van der Waals surface area contributed by atoms with Gasteiger partial charge in [0.2, 0.25) is 0 Å². The number of halogens is 2. The van der Waals surface area contributed by atoms with E-state index in [1.54, 1.807) is 0 Å². The molecule has 0 saturated heterocycles. The highest BCUT2D eigenvalue weighted by Gasteiger charge is 2.29. The van der Waals surface area contributed by atoms with Crippen LogP contribution in [0, 0.1) is 0 Å². The van der Waals surface area contributed by atoms with Gasteiger partial charge in [0.25, 0.3) is 0 Å². The van der Waals surface area contributed by atoms with Crippen LogP contribution < -0.4 is 0 Å². The third kappa shape index (κ3) is 1.89. The van der Waals surface area contributed by atoms with Crippen molar-refractivity contribution in [2.75, 3.05) is 0 Å². The van der Waals surface area contributed by atoms with Gasteiger partial charge in [-0.15, -0.1) is 0 Å². The molecule has 1 nitrogen and oxygen atoms in total. The first-order chi connectivity index (χ1) is 6.61. The number of hydrogen-bond donors (Lipinski definition) is 0.